The van der Waals surface area contributed by atoms with Crippen molar-refractivity contribution < 1.29 is 4.79 Å². The van der Waals surface area contributed by atoms with Gasteiger partial charge in [0.1, 0.15) is 5.52 Å². The summed E-state index contributed by atoms with van der Waals surface area (Å²) >= 11 is 5.79. The molecule has 0 saturated carbocycles. The van der Waals surface area contributed by atoms with Crippen LogP contribution < -0.4 is 10.6 Å². The van der Waals surface area contributed by atoms with E-state index in [9.17, 15) is 9.59 Å². The van der Waals surface area contributed by atoms with Gasteiger partial charge in [-0.25, -0.2) is 4.79 Å². The molecule has 33 heavy (non-hydrogen) atoms. The van der Waals surface area contributed by atoms with Crippen LogP contribution in [-0.2, 0) is 6.54 Å². The van der Waals surface area contributed by atoms with Crippen molar-refractivity contribution >= 4 is 39.9 Å². The van der Waals surface area contributed by atoms with Crippen molar-refractivity contribution in [1.29, 1.82) is 0 Å². The molecule has 3 aromatic heterocycles. The molecule has 1 aliphatic heterocycles. The standard InChI is InChI=1S/C24H25ClN6O2/c1-16-12-18(23(32)28(2)25)5-6-20(16)30-10-8-29(9-11-30)15-17-13-19-22(26-14-17)21-4-3-7-31(21)24(33)27-19/h3-7,12-14H,8-11,15H2,1-2H3,(H,27,33). The van der Waals surface area contributed by atoms with E-state index in [0.29, 0.717) is 5.56 Å². The maximum atomic E-state index is 12.3. The number of benzene rings is 1. The van der Waals surface area contributed by atoms with E-state index in [-0.39, 0.29) is 11.6 Å². The SMILES string of the molecule is Cc1cc(C(=O)N(C)Cl)ccc1N1CCN(Cc2cnc3c(c2)[nH]c(=O)n2cccc32)CC1. The number of piperazine rings is 1. The summed E-state index contributed by atoms with van der Waals surface area (Å²) in [6.45, 7) is 6.42. The first-order chi connectivity index (χ1) is 15.9. The van der Waals surface area contributed by atoms with E-state index in [0.717, 1.165) is 70.5 Å². The molecule has 0 spiro atoms. The highest BCUT2D eigenvalue weighted by Gasteiger charge is 2.20. The monoisotopic (exact) mass is 464 g/mol. The van der Waals surface area contributed by atoms with Crippen LogP contribution in [0.15, 0.2) is 53.6 Å². The number of carbonyl (C=O) groups excluding carboxylic acids is 1. The molecule has 5 rings (SSSR count). The number of halogens is 1. The summed E-state index contributed by atoms with van der Waals surface area (Å²) in [7, 11) is 1.54. The summed E-state index contributed by atoms with van der Waals surface area (Å²) in [6.07, 6.45) is 3.64. The second-order valence-electron chi connectivity index (χ2n) is 8.48. The van der Waals surface area contributed by atoms with Gasteiger partial charge in [0.15, 0.2) is 0 Å². The molecular formula is C24H25ClN6O2. The fraction of sp³-hybridized carbons (Fsp3) is 0.292. The van der Waals surface area contributed by atoms with Crippen LogP contribution in [0.2, 0.25) is 0 Å². The van der Waals surface area contributed by atoms with Crippen molar-refractivity contribution in [2.45, 2.75) is 13.5 Å². The number of aromatic nitrogens is 3. The maximum Gasteiger partial charge on any atom is 0.330 e. The van der Waals surface area contributed by atoms with Crippen LogP contribution in [0, 0.1) is 6.92 Å². The minimum absolute atomic E-state index is 0.157. The zero-order valence-electron chi connectivity index (χ0n) is 18.6. The third-order valence-electron chi connectivity index (χ3n) is 6.24. The van der Waals surface area contributed by atoms with E-state index in [2.05, 4.69) is 19.8 Å². The number of aromatic amines is 1. The van der Waals surface area contributed by atoms with Crippen LogP contribution in [0.1, 0.15) is 21.5 Å². The topological polar surface area (TPSA) is 77.0 Å². The molecule has 0 radical (unpaired) electrons. The van der Waals surface area contributed by atoms with Crippen LogP contribution in [0.5, 0.6) is 0 Å². The van der Waals surface area contributed by atoms with E-state index in [1.54, 1.807) is 10.6 Å². The Labute approximate surface area is 196 Å². The average molecular weight is 465 g/mol. The number of hydrogen-bond acceptors (Lipinski definition) is 5. The second kappa shape index (κ2) is 8.53. The normalized spacial score (nSPS) is 14.8. The molecule has 1 aromatic carbocycles. The summed E-state index contributed by atoms with van der Waals surface area (Å²) in [5.41, 5.74) is 6.09. The summed E-state index contributed by atoms with van der Waals surface area (Å²) in [4.78, 5) is 36.7. The van der Waals surface area contributed by atoms with E-state index in [4.69, 9.17) is 11.8 Å². The molecule has 1 amide bonds. The Morgan fingerprint density at radius 2 is 1.97 bits per heavy atom. The first-order valence-electron chi connectivity index (χ1n) is 10.9. The quantitative estimate of drug-likeness (QED) is 0.470. The van der Waals surface area contributed by atoms with Gasteiger partial charge in [0, 0.05) is 75.2 Å². The molecule has 9 heteroatoms. The summed E-state index contributed by atoms with van der Waals surface area (Å²) in [6, 6.07) is 11.5. The number of aryl methyl sites for hydroxylation is 1. The van der Waals surface area contributed by atoms with Crippen molar-refractivity contribution in [1.82, 2.24) is 23.7 Å². The van der Waals surface area contributed by atoms with Crippen LogP contribution in [0.25, 0.3) is 16.6 Å². The predicted molar refractivity (Wildman–Crippen MR) is 130 cm³/mol. The number of anilines is 1. The Bertz CT molecular complexity index is 1400. The van der Waals surface area contributed by atoms with Gasteiger partial charge in [0.25, 0.3) is 5.91 Å². The molecule has 4 aromatic rings. The first kappa shape index (κ1) is 21.5. The number of fused-ring (bicyclic) bond motifs is 3. The molecule has 170 valence electrons. The van der Waals surface area contributed by atoms with Crippen LogP contribution >= 0.6 is 11.8 Å². The van der Waals surface area contributed by atoms with Gasteiger partial charge in [-0.1, -0.05) is 0 Å². The number of H-pyrrole nitrogens is 1. The lowest BCUT2D eigenvalue weighted by atomic mass is 10.1. The number of carbonyl (C=O) groups is 1. The van der Waals surface area contributed by atoms with Gasteiger partial charge in [0.2, 0.25) is 0 Å². The predicted octanol–water partition coefficient (Wildman–Crippen LogP) is 3.03. The average Bonchev–Trinajstić information content (AvgIpc) is 3.30. The molecule has 0 atom stereocenters. The molecule has 8 nitrogen and oxygen atoms in total. The number of pyridine rings is 1. The number of nitrogens with zero attached hydrogens (tertiary/aromatic N) is 5. The highest BCUT2D eigenvalue weighted by molar-refractivity contribution is 6.23. The lowest BCUT2D eigenvalue weighted by Gasteiger charge is -2.37. The Morgan fingerprint density at radius 1 is 1.18 bits per heavy atom. The molecule has 1 saturated heterocycles. The number of hydrogen-bond donors (Lipinski definition) is 1. The highest BCUT2D eigenvalue weighted by atomic mass is 35.5. The van der Waals surface area contributed by atoms with Crippen molar-refractivity contribution in [3.8, 4) is 0 Å². The third-order valence-corrected chi connectivity index (χ3v) is 6.39. The molecule has 1 N–H and O–H groups in total. The van der Waals surface area contributed by atoms with Crippen LogP contribution in [0.3, 0.4) is 0 Å². The van der Waals surface area contributed by atoms with Crippen molar-refractivity contribution in [3.05, 3.63) is 76.0 Å². The van der Waals surface area contributed by atoms with E-state index in [1.807, 2.05) is 49.5 Å². The van der Waals surface area contributed by atoms with Gasteiger partial charge in [-0.05, 0) is 54.4 Å². The fourth-order valence-corrected chi connectivity index (χ4v) is 4.64. The van der Waals surface area contributed by atoms with Gasteiger partial charge in [-0.3, -0.25) is 23.5 Å². The van der Waals surface area contributed by atoms with E-state index >= 15 is 0 Å². The van der Waals surface area contributed by atoms with Crippen LogP contribution in [0.4, 0.5) is 5.69 Å². The molecular weight excluding hydrogens is 440 g/mol. The zero-order chi connectivity index (χ0) is 23.1. The minimum atomic E-state index is -0.209. The molecule has 1 aliphatic rings. The van der Waals surface area contributed by atoms with Crippen molar-refractivity contribution in [2.75, 3.05) is 38.1 Å². The number of nitrogens with one attached hydrogen (secondary N) is 1. The lowest BCUT2D eigenvalue weighted by Crippen LogP contribution is -2.46. The largest absolute Gasteiger partial charge is 0.369 e. The molecule has 0 unspecified atom stereocenters. The van der Waals surface area contributed by atoms with Crippen molar-refractivity contribution in [3.63, 3.8) is 0 Å². The van der Waals surface area contributed by atoms with E-state index in [1.165, 1.54) is 7.05 Å². The van der Waals surface area contributed by atoms with Crippen molar-refractivity contribution in [2.24, 2.45) is 0 Å². The number of amides is 1. The fourth-order valence-electron chi connectivity index (χ4n) is 4.55. The Hall–Kier alpha value is -3.36. The minimum Gasteiger partial charge on any atom is -0.369 e. The highest BCUT2D eigenvalue weighted by Crippen LogP contribution is 2.24. The summed E-state index contributed by atoms with van der Waals surface area (Å²) < 4.78 is 2.65. The van der Waals surface area contributed by atoms with Gasteiger partial charge in [0.05, 0.1) is 11.0 Å². The van der Waals surface area contributed by atoms with Gasteiger partial charge < -0.3 is 9.88 Å². The lowest BCUT2D eigenvalue weighted by molar-refractivity contribution is 0.0885. The smallest absolute Gasteiger partial charge is 0.330 e. The van der Waals surface area contributed by atoms with Gasteiger partial charge >= 0.3 is 5.69 Å². The molecule has 1 fully saturated rings. The first-order valence-corrected chi connectivity index (χ1v) is 11.2. The molecule has 4 heterocycles. The summed E-state index contributed by atoms with van der Waals surface area (Å²) in [5, 5.41) is 0. The molecule has 0 bridgehead atoms. The summed E-state index contributed by atoms with van der Waals surface area (Å²) in [5.74, 6) is -0.209. The zero-order valence-corrected chi connectivity index (χ0v) is 19.3. The Balaban J connectivity index is 1.27. The second-order valence-corrected chi connectivity index (χ2v) is 8.99. The third kappa shape index (κ3) is 4.07. The number of rotatable bonds is 4. The van der Waals surface area contributed by atoms with E-state index < -0.39 is 0 Å². The Morgan fingerprint density at radius 3 is 2.70 bits per heavy atom. The van der Waals surface area contributed by atoms with Crippen LogP contribution in [-0.4, -0.2) is 62.8 Å². The van der Waals surface area contributed by atoms with Gasteiger partial charge in [-0.2, -0.15) is 0 Å². The Kier molecular flexibility index (Phi) is 5.55. The maximum absolute atomic E-state index is 12.3. The van der Waals surface area contributed by atoms with Gasteiger partial charge in [-0.15, -0.1) is 0 Å². The molecule has 0 aliphatic carbocycles.